The molecule has 0 atom stereocenters. The van der Waals surface area contributed by atoms with E-state index in [2.05, 4.69) is 4.98 Å². The minimum atomic E-state index is -0.471. The second-order valence-electron chi connectivity index (χ2n) is 6.03. The molecule has 26 heavy (non-hydrogen) atoms. The molecule has 0 spiro atoms. The number of H-pyrrole nitrogens is 1. The number of ketones is 1. The molecule has 1 heterocycles. The Morgan fingerprint density at radius 2 is 1.85 bits per heavy atom. The highest BCUT2D eigenvalue weighted by molar-refractivity contribution is 6.32. The van der Waals surface area contributed by atoms with Crippen molar-refractivity contribution >= 4 is 39.9 Å². The van der Waals surface area contributed by atoms with Crippen molar-refractivity contribution in [3.05, 3.63) is 64.3 Å². The van der Waals surface area contributed by atoms with Crippen LogP contribution in [0.15, 0.2) is 42.5 Å². The average Bonchev–Trinajstić information content (AvgIpc) is 3.00. The summed E-state index contributed by atoms with van der Waals surface area (Å²) in [5.41, 5.74) is 2.55. The molecule has 3 aromatic rings. The summed E-state index contributed by atoms with van der Waals surface area (Å²) in [5, 5.41) is 1.02. The Morgan fingerprint density at radius 3 is 2.46 bits per heavy atom. The summed E-state index contributed by atoms with van der Waals surface area (Å²) in [5.74, 6) is -0.628. The van der Waals surface area contributed by atoms with Gasteiger partial charge in [-0.3, -0.25) is 4.79 Å². The molecule has 0 aliphatic carbocycles. The number of carbonyl (C=O) groups excluding carboxylic acids is 2. The van der Waals surface area contributed by atoms with Gasteiger partial charge in [-0.15, -0.1) is 0 Å². The van der Waals surface area contributed by atoms with Crippen molar-refractivity contribution in [2.24, 2.45) is 0 Å². The van der Waals surface area contributed by atoms with Crippen molar-refractivity contribution in [1.82, 2.24) is 4.98 Å². The number of aromatic amines is 1. The number of carbonyl (C=O) groups is 2. The van der Waals surface area contributed by atoms with Gasteiger partial charge in [-0.25, -0.2) is 4.79 Å². The molecule has 0 saturated carbocycles. The highest BCUT2D eigenvalue weighted by Crippen LogP contribution is 2.36. The number of esters is 1. The number of hydrogen-bond acceptors (Lipinski definition) is 4. The van der Waals surface area contributed by atoms with Crippen molar-refractivity contribution in [2.75, 3.05) is 25.6 Å². The minimum absolute atomic E-state index is 0.156. The fraction of sp³-hybridized carbons (Fsp3) is 0.200. The van der Waals surface area contributed by atoms with Gasteiger partial charge in [0.25, 0.3) is 0 Å². The molecular formula is C20H19ClN2O3. The molecule has 0 saturated heterocycles. The van der Waals surface area contributed by atoms with Crippen LogP contribution in [0.25, 0.3) is 10.9 Å². The summed E-state index contributed by atoms with van der Waals surface area (Å²) in [6.07, 6.45) is 0. The van der Waals surface area contributed by atoms with Crippen LogP contribution in [0.5, 0.6) is 0 Å². The third kappa shape index (κ3) is 3.18. The van der Waals surface area contributed by atoms with Crippen LogP contribution in [0, 0.1) is 0 Å². The standard InChI is InChI=1S/C20H19ClN2O3/c1-4-26-20(25)14-10-13(21)11-15-16(14)18(23(2)3)17(22-15)19(24)12-8-6-5-7-9-12/h5-11,22H,4H2,1-3H3. The van der Waals surface area contributed by atoms with Crippen LogP contribution >= 0.6 is 11.6 Å². The topological polar surface area (TPSA) is 62.4 Å². The second kappa shape index (κ2) is 7.22. The lowest BCUT2D eigenvalue weighted by molar-refractivity contribution is 0.0528. The Bertz CT molecular complexity index is 978. The van der Waals surface area contributed by atoms with Gasteiger partial charge in [-0.05, 0) is 19.1 Å². The SMILES string of the molecule is CCOC(=O)c1cc(Cl)cc2[nH]c(C(=O)c3ccccc3)c(N(C)C)c12. The van der Waals surface area contributed by atoms with Crippen LogP contribution in [0.3, 0.4) is 0 Å². The van der Waals surface area contributed by atoms with Gasteiger partial charge in [0.15, 0.2) is 0 Å². The van der Waals surface area contributed by atoms with Gasteiger partial charge in [0.2, 0.25) is 5.78 Å². The molecule has 0 aliphatic heterocycles. The maximum Gasteiger partial charge on any atom is 0.338 e. The van der Waals surface area contributed by atoms with Crippen molar-refractivity contribution in [3.8, 4) is 0 Å². The molecule has 0 aliphatic rings. The Kier molecular flexibility index (Phi) is 5.00. The largest absolute Gasteiger partial charge is 0.462 e. The van der Waals surface area contributed by atoms with Crippen LogP contribution in [0.1, 0.15) is 33.3 Å². The Labute approximate surface area is 156 Å². The van der Waals surface area contributed by atoms with Crippen LogP contribution < -0.4 is 4.90 Å². The van der Waals surface area contributed by atoms with Gasteiger partial charge in [0, 0.05) is 30.1 Å². The lowest BCUT2D eigenvalue weighted by Gasteiger charge is -2.15. The number of aromatic nitrogens is 1. The van der Waals surface area contributed by atoms with E-state index in [1.54, 1.807) is 31.2 Å². The molecule has 1 aromatic heterocycles. The predicted octanol–water partition coefficient (Wildman–Crippen LogP) is 4.30. The van der Waals surface area contributed by atoms with Gasteiger partial charge >= 0.3 is 5.97 Å². The smallest absolute Gasteiger partial charge is 0.338 e. The molecule has 0 fully saturated rings. The Balaban J connectivity index is 2.29. The fourth-order valence-corrected chi connectivity index (χ4v) is 3.21. The van der Waals surface area contributed by atoms with Gasteiger partial charge in [-0.2, -0.15) is 0 Å². The monoisotopic (exact) mass is 370 g/mol. The first kappa shape index (κ1) is 18.0. The van der Waals surface area contributed by atoms with E-state index in [0.717, 1.165) is 0 Å². The van der Waals surface area contributed by atoms with Gasteiger partial charge in [0.05, 0.1) is 23.4 Å². The van der Waals surface area contributed by atoms with E-state index in [0.29, 0.717) is 38.4 Å². The zero-order valence-corrected chi connectivity index (χ0v) is 15.6. The van der Waals surface area contributed by atoms with Crippen molar-refractivity contribution < 1.29 is 14.3 Å². The van der Waals surface area contributed by atoms with Crippen LogP contribution in [0.4, 0.5) is 5.69 Å². The third-order valence-corrected chi connectivity index (χ3v) is 4.26. The zero-order valence-electron chi connectivity index (χ0n) is 14.8. The number of anilines is 1. The van der Waals surface area contributed by atoms with E-state index in [4.69, 9.17) is 16.3 Å². The number of nitrogens with one attached hydrogen (secondary N) is 1. The maximum atomic E-state index is 13.0. The first-order valence-electron chi connectivity index (χ1n) is 8.23. The van der Waals surface area contributed by atoms with E-state index in [1.807, 2.05) is 37.2 Å². The van der Waals surface area contributed by atoms with Crippen molar-refractivity contribution in [2.45, 2.75) is 6.92 Å². The number of ether oxygens (including phenoxy) is 1. The normalized spacial score (nSPS) is 10.8. The second-order valence-corrected chi connectivity index (χ2v) is 6.47. The quantitative estimate of drug-likeness (QED) is 0.537. The molecule has 6 heteroatoms. The number of hydrogen-bond donors (Lipinski definition) is 1. The van der Waals surface area contributed by atoms with Gasteiger partial charge < -0.3 is 14.6 Å². The fourth-order valence-electron chi connectivity index (χ4n) is 2.99. The molecule has 2 aromatic carbocycles. The molecule has 0 bridgehead atoms. The van der Waals surface area contributed by atoms with Gasteiger partial charge in [-0.1, -0.05) is 41.9 Å². The average molecular weight is 371 g/mol. The summed E-state index contributed by atoms with van der Waals surface area (Å²) in [6.45, 7) is 2.00. The van der Waals surface area contributed by atoms with E-state index in [-0.39, 0.29) is 12.4 Å². The van der Waals surface area contributed by atoms with Crippen molar-refractivity contribution in [3.63, 3.8) is 0 Å². The summed E-state index contributed by atoms with van der Waals surface area (Å²) >= 11 is 6.18. The number of benzene rings is 2. The van der Waals surface area contributed by atoms with E-state index >= 15 is 0 Å². The number of nitrogens with zero attached hydrogens (tertiary/aromatic N) is 1. The van der Waals surface area contributed by atoms with Crippen LogP contribution in [-0.2, 0) is 4.74 Å². The summed E-state index contributed by atoms with van der Waals surface area (Å²) in [4.78, 5) is 30.4. The van der Waals surface area contributed by atoms with Gasteiger partial charge in [0.1, 0.15) is 5.69 Å². The maximum absolute atomic E-state index is 13.0. The summed E-state index contributed by atoms with van der Waals surface area (Å²) in [7, 11) is 3.65. The molecular weight excluding hydrogens is 352 g/mol. The predicted molar refractivity (Wildman–Crippen MR) is 103 cm³/mol. The molecule has 0 radical (unpaired) electrons. The zero-order chi connectivity index (χ0) is 18.8. The summed E-state index contributed by atoms with van der Waals surface area (Å²) < 4.78 is 5.17. The molecule has 3 rings (SSSR count). The van der Waals surface area contributed by atoms with E-state index in [1.165, 1.54) is 0 Å². The molecule has 5 nitrogen and oxygen atoms in total. The number of fused-ring (bicyclic) bond motifs is 1. The van der Waals surface area contributed by atoms with E-state index in [9.17, 15) is 9.59 Å². The first-order chi connectivity index (χ1) is 12.4. The number of halogens is 1. The highest BCUT2D eigenvalue weighted by atomic mass is 35.5. The Morgan fingerprint density at radius 1 is 1.15 bits per heavy atom. The molecule has 0 unspecified atom stereocenters. The van der Waals surface area contributed by atoms with Crippen LogP contribution in [0.2, 0.25) is 5.02 Å². The highest BCUT2D eigenvalue weighted by Gasteiger charge is 2.25. The molecule has 134 valence electrons. The molecule has 1 N–H and O–H groups in total. The first-order valence-corrected chi connectivity index (χ1v) is 8.61. The van der Waals surface area contributed by atoms with E-state index < -0.39 is 5.97 Å². The third-order valence-electron chi connectivity index (χ3n) is 4.04. The number of rotatable bonds is 5. The molecule has 0 amide bonds. The van der Waals surface area contributed by atoms with Crippen molar-refractivity contribution in [1.29, 1.82) is 0 Å². The van der Waals surface area contributed by atoms with Crippen LogP contribution in [-0.4, -0.2) is 37.4 Å². The minimum Gasteiger partial charge on any atom is -0.462 e. The lowest BCUT2D eigenvalue weighted by Crippen LogP contribution is -2.15. The Hall–Kier alpha value is -2.79. The summed E-state index contributed by atoms with van der Waals surface area (Å²) in [6, 6.07) is 12.3. The lowest BCUT2D eigenvalue weighted by atomic mass is 10.0.